The molecule has 1 aliphatic heterocycles. The molecule has 3 aromatic rings. The number of carbonyl (C=O) groups excluding carboxylic acids is 1. The summed E-state index contributed by atoms with van der Waals surface area (Å²) in [6.45, 7) is 5.83. The van der Waals surface area contributed by atoms with Crippen LogP contribution in [-0.4, -0.2) is 37.7 Å². The highest BCUT2D eigenvalue weighted by Gasteiger charge is 2.38. The number of aromatic nitrogens is 1. The van der Waals surface area contributed by atoms with Gasteiger partial charge in [0, 0.05) is 29.9 Å². The highest BCUT2D eigenvalue weighted by molar-refractivity contribution is 7.99. The average Bonchev–Trinajstić information content (AvgIpc) is 3.24. The molecule has 31 heavy (non-hydrogen) atoms. The fourth-order valence-corrected chi connectivity index (χ4v) is 5.45. The van der Waals surface area contributed by atoms with Gasteiger partial charge in [-0.3, -0.25) is 4.79 Å². The van der Waals surface area contributed by atoms with Gasteiger partial charge in [0.05, 0.1) is 16.4 Å². The number of allylic oxidation sites excluding steroid dienone is 2. The Hall–Kier alpha value is -2.58. The number of fused-ring (bicyclic) bond motifs is 2. The highest BCUT2D eigenvalue weighted by atomic mass is 32.2. The van der Waals surface area contributed by atoms with Gasteiger partial charge in [-0.2, -0.15) is 0 Å². The van der Waals surface area contributed by atoms with Gasteiger partial charge in [0.2, 0.25) is 0 Å². The van der Waals surface area contributed by atoms with E-state index in [0.717, 1.165) is 11.4 Å². The second kappa shape index (κ2) is 7.84. The zero-order valence-electron chi connectivity index (χ0n) is 17.9. The number of sulfone groups is 1. The number of oxazole rings is 1. The SMILES string of the molecule is CCS(=O)(=O)c1ccc2oc(SCC(=O)/C=C3/N(C)c4ccccc4C3(C)C)nc2c1. The topological polar surface area (TPSA) is 80.5 Å². The number of para-hydroxylation sites is 1. The molecule has 0 atom stereocenters. The lowest BCUT2D eigenvalue weighted by Gasteiger charge is -2.23. The van der Waals surface area contributed by atoms with Crippen molar-refractivity contribution in [3.8, 4) is 0 Å². The van der Waals surface area contributed by atoms with Gasteiger partial charge in [0.1, 0.15) is 5.52 Å². The largest absolute Gasteiger partial charge is 0.431 e. The van der Waals surface area contributed by atoms with E-state index in [-0.39, 0.29) is 27.6 Å². The van der Waals surface area contributed by atoms with Gasteiger partial charge in [0.25, 0.3) is 5.22 Å². The minimum Gasteiger partial charge on any atom is -0.431 e. The van der Waals surface area contributed by atoms with Crippen LogP contribution in [0, 0.1) is 0 Å². The van der Waals surface area contributed by atoms with Gasteiger partial charge in [-0.15, -0.1) is 0 Å². The summed E-state index contributed by atoms with van der Waals surface area (Å²) in [5.74, 6) is 0.163. The van der Waals surface area contributed by atoms with Crippen molar-refractivity contribution < 1.29 is 17.6 Å². The van der Waals surface area contributed by atoms with Gasteiger partial charge in [-0.25, -0.2) is 13.4 Å². The number of hydrogen-bond acceptors (Lipinski definition) is 7. The van der Waals surface area contributed by atoms with Crippen LogP contribution in [0.5, 0.6) is 0 Å². The van der Waals surface area contributed by atoms with Crippen molar-refractivity contribution in [1.82, 2.24) is 4.98 Å². The van der Waals surface area contributed by atoms with E-state index in [1.807, 2.05) is 19.2 Å². The lowest BCUT2D eigenvalue weighted by Crippen LogP contribution is -2.24. The molecule has 0 amide bonds. The number of ketones is 1. The van der Waals surface area contributed by atoms with Crippen LogP contribution >= 0.6 is 11.8 Å². The molecule has 2 heterocycles. The van der Waals surface area contributed by atoms with Crippen LogP contribution in [0.1, 0.15) is 26.3 Å². The number of thioether (sulfide) groups is 1. The third kappa shape index (κ3) is 3.90. The Balaban J connectivity index is 1.51. The Morgan fingerprint density at radius 3 is 2.68 bits per heavy atom. The first kappa shape index (κ1) is 21.6. The molecule has 0 aliphatic carbocycles. The standard InChI is InChI=1S/C23H24N2O4S2/c1-5-31(27,28)16-10-11-20-18(13-16)24-22(29-20)30-14-15(26)12-21-23(2,3)17-8-6-7-9-19(17)25(21)4/h6-13H,5,14H2,1-4H3/b21-12+. The van der Waals surface area contributed by atoms with Gasteiger partial charge in [0.15, 0.2) is 21.2 Å². The van der Waals surface area contributed by atoms with E-state index < -0.39 is 9.84 Å². The van der Waals surface area contributed by atoms with E-state index in [1.165, 1.54) is 29.5 Å². The Kier molecular flexibility index (Phi) is 5.47. The van der Waals surface area contributed by atoms with Crippen molar-refractivity contribution in [1.29, 1.82) is 0 Å². The number of benzene rings is 2. The molecule has 0 unspecified atom stereocenters. The van der Waals surface area contributed by atoms with Gasteiger partial charge in [-0.05, 0) is 29.8 Å². The first-order chi connectivity index (χ1) is 14.6. The van der Waals surface area contributed by atoms with Crippen molar-refractivity contribution in [2.24, 2.45) is 0 Å². The van der Waals surface area contributed by atoms with Gasteiger partial charge >= 0.3 is 0 Å². The molecule has 162 valence electrons. The Morgan fingerprint density at radius 1 is 1.23 bits per heavy atom. The molecule has 1 aliphatic rings. The van der Waals surface area contributed by atoms with Crippen LogP contribution in [0.4, 0.5) is 5.69 Å². The summed E-state index contributed by atoms with van der Waals surface area (Å²) in [7, 11) is -1.34. The predicted octanol–water partition coefficient (Wildman–Crippen LogP) is 4.59. The molecule has 4 rings (SSSR count). The maximum atomic E-state index is 12.7. The lowest BCUT2D eigenvalue weighted by molar-refractivity contribution is -0.112. The summed E-state index contributed by atoms with van der Waals surface area (Å²) in [6, 6.07) is 12.8. The molecule has 2 aromatic carbocycles. The number of likely N-dealkylation sites (N-methyl/N-ethyl adjacent to an activating group) is 1. The molecule has 6 nitrogen and oxygen atoms in total. The molecule has 1 aromatic heterocycles. The molecular weight excluding hydrogens is 432 g/mol. The molecular formula is C23H24N2O4S2. The maximum absolute atomic E-state index is 12.7. The third-order valence-corrected chi connectivity index (χ3v) is 8.24. The average molecular weight is 457 g/mol. The van der Waals surface area contributed by atoms with Crippen molar-refractivity contribution in [3.63, 3.8) is 0 Å². The van der Waals surface area contributed by atoms with Crippen LogP contribution in [0.25, 0.3) is 11.1 Å². The van der Waals surface area contributed by atoms with Crippen molar-refractivity contribution in [2.75, 3.05) is 23.5 Å². The first-order valence-corrected chi connectivity index (χ1v) is 12.6. The van der Waals surface area contributed by atoms with E-state index >= 15 is 0 Å². The van der Waals surface area contributed by atoms with Crippen molar-refractivity contribution >= 4 is 44.2 Å². The minimum absolute atomic E-state index is 0.0236. The van der Waals surface area contributed by atoms with Gasteiger partial charge < -0.3 is 9.32 Å². The monoisotopic (exact) mass is 456 g/mol. The van der Waals surface area contributed by atoms with Crippen LogP contribution in [0.3, 0.4) is 0 Å². The second-order valence-corrected chi connectivity index (χ2v) is 11.2. The third-order valence-electron chi connectivity index (χ3n) is 5.65. The van der Waals surface area contributed by atoms with E-state index in [1.54, 1.807) is 19.1 Å². The molecule has 8 heteroatoms. The summed E-state index contributed by atoms with van der Waals surface area (Å²) >= 11 is 1.20. The summed E-state index contributed by atoms with van der Waals surface area (Å²) < 4.78 is 29.8. The Bertz CT molecular complexity index is 1310. The number of hydrogen-bond donors (Lipinski definition) is 0. The molecule has 0 bridgehead atoms. The number of rotatable bonds is 6. The molecule has 0 fully saturated rings. The molecule has 0 N–H and O–H groups in total. The van der Waals surface area contributed by atoms with Crippen LogP contribution in [-0.2, 0) is 20.0 Å². The second-order valence-electron chi connectivity index (χ2n) is 8.00. The zero-order chi connectivity index (χ0) is 22.4. The number of nitrogens with zero attached hydrogens (tertiary/aromatic N) is 2. The van der Waals surface area contributed by atoms with E-state index in [0.29, 0.717) is 16.3 Å². The number of carbonyl (C=O) groups is 1. The molecule has 0 saturated carbocycles. The fourth-order valence-electron chi connectivity index (χ4n) is 3.89. The van der Waals surface area contributed by atoms with Crippen LogP contribution in [0.15, 0.2) is 68.8 Å². The summed E-state index contributed by atoms with van der Waals surface area (Å²) in [5, 5.41) is 0.343. The molecule has 0 saturated heterocycles. The summed E-state index contributed by atoms with van der Waals surface area (Å²) in [5.41, 5.74) is 3.96. The Labute approximate surface area is 186 Å². The first-order valence-electron chi connectivity index (χ1n) is 9.98. The van der Waals surface area contributed by atoms with Gasteiger partial charge in [-0.1, -0.05) is 50.7 Å². The molecule has 0 spiro atoms. The quantitative estimate of drug-likeness (QED) is 0.396. The fraction of sp³-hybridized carbons (Fsp3) is 0.304. The van der Waals surface area contributed by atoms with E-state index in [9.17, 15) is 13.2 Å². The Morgan fingerprint density at radius 2 is 1.97 bits per heavy atom. The normalized spacial score (nSPS) is 16.8. The molecule has 0 radical (unpaired) electrons. The summed E-state index contributed by atoms with van der Waals surface area (Å²) in [4.78, 5) is 19.4. The van der Waals surface area contributed by atoms with E-state index in [4.69, 9.17) is 4.42 Å². The van der Waals surface area contributed by atoms with Crippen LogP contribution in [0.2, 0.25) is 0 Å². The van der Waals surface area contributed by atoms with Crippen LogP contribution < -0.4 is 4.90 Å². The highest BCUT2D eigenvalue weighted by Crippen LogP contribution is 2.46. The van der Waals surface area contributed by atoms with Crippen molar-refractivity contribution in [2.45, 2.75) is 36.3 Å². The minimum atomic E-state index is -3.31. The zero-order valence-corrected chi connectivity index (χ0v) is 19.5. The maximum Gasteiger partial charge on any atom is 0.257 e. The lowest BCUT2D eigenvalue weighted by atomic mass is 9.83. The predicted molar refractivity (Wildman–Crippen MR) is 123 cm³/mol. The smallest absolute Gasteiger partial charge is 0.257 e. The summed E-state index contributed by atoms with van der Waals surface area (Å²) in [6.07, 6.45) is 1.70. The van der Waals surface area contributed by atoms with Crippen molar-refractivity contribution in [3.05, 3.63) is 59.8 Å². The van der Waals surface area contributed by atoms with E-state index in [2.05, 4.69) is 35.9 Å². The number of anilines is 1.